The van der Waals surface area contributed by atoms with E-state index in [1.54, 1.807) is 18.6 Å². The molecule has 9 heteroatoms. The maximum Gasteiger partial charge on any atom is 0.253 e. The van der Waals surface area contributed by atoms with Crippen LogP contribution in [0.25, 0.3) is 11.2 Å². The molecule has 3 aromatic rings. The van der Waals surface area contributed by atoms with Crippen molar-refractivity contribution in [1.29, 1.82) is 0 Å². The molecule has 2 fully saturated rings. The molecule has 32 heavy (non-hydrogen) atoms. The molecule has 4 atom stereocenters. The number of carbonyl (C=O) groups is 1. The van der Waals surface area contributed by atoms with Crippen LogP contribution < -0.4 is 10.6 Å². The van der Waals surface area contributed by atoms with E-state index in [4.69, 9.17) is 0 Å². The topological polar surface area (TPSA) is 92.1 Å². The summed E-state index contributed by atoms with van der Waals surface area (Å²) in [5.41, 5.74) is 3.23. The lowest BCUT2D eigenvalue weighted by molar-refractivity contribution is 0.0462. The number of hydrogen-bond acceptors (Lipinski definition) is 5. The summed E-state index contributed by atoms with van der Waals surface area (Å²) in [7, 11) is 0. The second-order valence-electron chi connectivity index (χ2n) is 8.54. The molecule has 0 spiro atoms. The molecule has 3 heterocycles. The van der Waals surface area contributed by atoms with E-state index in [1.807, 2.05) is 22.8 Å². The van der Waals surface area contributed by atoms with E-state index in [-0.39, 0.29) is 36.8 Å². The number of nitrogens with one attached hydrogen (secondary N) is 2. The third kappa shape index (κ3) is 5.07. The van der Waals surface area contributed by atoms with Gasteiger partial charge in [-0.3, -0.25) is 4.79 Å². The highest BCUT2D eigenvalue weighted by Crippen LogP contribution is 2.33. The molecule has 0 bridgehead atoms. The predicted molar refractivity (Wildman–Crippen MR) is 129 cm³/mol. The summed E-state index contributed by atoms with van der Waals surface area (Å²) in [5.74, 6) is 0.849. The van der Waals surface area contributed by atoms with Gasteiger partial charge in [0.25, 0.3) is 5.91 Å². The summed E-state index contributed by atoms with van der Waals surface area (Å²) in [6, 6.07) is 11.9. The summed E-state index contributed by atoms with van der Waals surface area (Å²) in [4.78, 5) is 21.7. The molecule has 1 saturated heterocycles. The Morgan fingerprint density at radius 1 is 1.12 bits per heavy atom. The number of aliphatic hydroxyl groups excluding tert-OH is 1. The number of imidazole rings is 1. The monoisotopic (exact) mass is 477 g/mol. The van der Waals surface area contributed by atoms with E-state index in [9.17, 15) is 9.90 Å². The number of aryl methyl sites for hydroxylation is 2. The van der Waals surface area contributed by atoms with Crippen LogP contribution in [0.2, 0.25) is 0 Å². The first-order chi connectivity index (χ1) is 14.7. The van der Waals surface area contributed by atoms with Crippen LogP contribution in [-0.2, 0) is 13.0 Å². The average molecular weight is 478 g/mol. The molecule has 1 aliphatic carbocycles. The van der Waals surface area contributed by atoms with Gasteiger partial charge in [0.1, 0.15) is 5.52 Å². The number of aliphatic hydroxyl groups is 1. The SMILES string of the molecule is Cl.Cl.O=C(N[C@H]1C[C@H]2CNC[C@H]2C[C@@H]1O)c1cnc2c(c1)ncn2CCc1ccccc1. The summed E-state index contributed by atoms with van der Waals surface area (Å²) in [5, 5.41) is 16.9. The van der Waals surface area contributed by atoms with Gasteiger partial charge in [-0.05, 0) is 55.8 Å². The maximum absolute atomic E-state index is 12.8. The number of carbonyl (C=O) groups excluding carboxylic acids is 1. The Balaban J connectivity index is 0.00000144. The van der Waals surface area contributed by atoms with Gasteiger partial charge in [0.2, 0.25) is 0 Å². The highest BCUT2D eigenvalue weighted by atomic mass is 35.5. The quantitative estimate of drug-likeness (QED) is 0.525. The highest BCUT2D eigenvalue weighted by Gasteiger charge is 2.39. The Kier molecular flexibility index (Phi) is 8.11. The molecule has 3 N–H and O–H groups in total. The molecule has 0 unspecified atom stereocenters. The molecule has 2 aromatic heterocycles. The smallest absolute Gasteiger partial charge is 0.253 e. The number of fused-ring (bicyclic) bond motifs is 2. The van der Waals surface area contributed by atoms with Gasteiger partial charge in [-0.1, -0.05) is 30.3 Å². The van der Waals surface area contributed by atoms with Crippen LogP contribution >= 0.6 is 24.8 Å². The second kappa shape index (κ2) is 10.6. The number of hydrogen-bond donors (Lipinski definition) is 3. The largest absolute Gasteiger partial charge is 0.391 e. The zero-order valence-electron chi connectivity index (χ0n) is 17.7. The Hall–Kier alpha value is -2.19. The number of amides is 1. The number of halogens is 2. The Bertz CT molecular complexity index is 1050. The van der Waals surface area contributed by atoms with Crippen molar-refractivity contribution in [3.05, 3.63) is 60.0 Å². The van der Waals surface area contributed by atoms with Crippen molar-refractivity contribution in [3.8, 4) is 0 Å². The minimum absolute atomic E-state index is 0. The van der Waals surface area contributed by atoms with E-state index in [0.29, 0.717) is 22.9 Å². The van der Waals surface area contributed by atoms with Gasteiger partial charge < -0.3 is 20.3 Å². The van der Waals surface area contributed by atoms with Crippen LogP contribution in [0.3, 0.4) is 0 Å². The molecule has 172 valence electrons. The van der Waals surface area contributed by atoms with Crippen molar-refractivity contribution in [3.63, 3.8) is 0 Å². The molecule has 1 aliphatic heterocycles. The lowest BCUT2D eigenvalue weighted by Crippen LogP contribution is -2.49. The van der Waals surface area contributed by atoms with Crippen LogP contribution in [0.1, 0.15) is 28.8 Å². The molecule has 1 amide bonds. The van der Waals surface area contributed by atoms with Crippen molar-refractivity contribution >= 4 is 41.9 Å². The number of nitrogens with zero attached hydrogens (tertiary/aromatic N) is 3. The first kappa shape index (κ1) is 24.5. The Labute approximate surface area is 199 Å². The summed E-state index contributed by atoms with van der Waals surface area (Å²) < 4.78 is 2.02. The van der Waals surface area contributed by atoms with Crippen molar-refractivity contribution in [2.45, 2.75) is 38.0 Å². The molecule has 2 aliphatic rings. The molecular formula is C23H29Cl2N5O2. The van der Waals surface area contributed by atoms with Crippen LogP contribution in [-0.4, -0.2) is 50.8 Å². The second-order valence-corrected chi connectivity index (χ2v) is 8.54. The third-order valence-corrected chi connectivity index (χ3v) is 6.56. The van der Waals surface area contributed by atoms with Gasteiger partial charge in [-0.25, -0.2) is 9.97 Å². The zero-order valence-corrected chi connectivity index (χ0v) is 19.3. The number of aromatic nitrogens is 3. The molecular weight excluding hydrogens is 449 g/mol. The number of rotatable bonds is 5. The van der Waals surface area contributed by atoms with E-state index >= 15 is 0 Å². The van der Waals surface area contributed by atoms with Gasteiger partial charge in [0.15, 0.2) is 5.65 Å². The standard InChI is InChI=1S/C23H27N5O2.2ClH/c29-21-10-17-12-24-11-16(17)8-19(21)27-23(30)18-9-20-22(25-13-18)28(14-26-20)7-6-15-4-2-1-3-5-15;;/h1-5,9,13-14,16-17,19,21,24,29H,6-8,10-12H2,(H,27,30);2*1H/t16-,17+,19-,21-;;/m0../s1. The molecule has 1 aromatic carbocycles. The molecule has 1 saturated carbocycles. The van der Waals surface area contributed by atoms with E-state index < -0.39 is 6.10 Å². The number of benzene rings is 1. The minimum Gasteiger partial charge on any atom is -0.391 e. The fourth-order valence-electron chi connectivity index (χ4n) is 4.83. The lowest BCUT2D eigenvalue weighted by Gasteiger charge is -2.35. The van der Waals surface area contributed by atoms with Gasteiger partial charge in [0.05, 0.1) is 24.0 Å². The minimum atomic E-state index is -0.496. The van der Waals surface area contributed by atoms with E-state index in [2.05, 4.69) is 32.7 Å². The molecule has 0 radical (unpaired) electrons. The van der Waals surface area contributed by atoms with Crippen LogP contribution in [0.15, 0.2) is 48.9 Å². The van der Waals surface area contributed by atoms with Crippen LogP contribution in [0.4, 0.5) is 0 Å². The Morgan fingerprint density at radius 2 is 1.88 bits per heavy atom. The molecule has 7 nitrogen and oxygen atoms in total. The fraction of sp³-hybridized carbons (Fsp3) is 0.435. The van der Waals surface area contributed by atoms with E-state index in [1.165, 1.54) is 5.56 Å². The summed E-state index contributed by atoms with van der Waals surface area (Å²) in [6.07, 6.45) is 5.34. The average Bonchev–Trinajstić information content (AvgIpc) is 3.39. The summed E-state index contributed by atoms with van der Waals surface area (Å²) in [6.45, 7) is 2.72. The van der Waals surface area contributed by atoms with Gasteiger partial charge in [-0.2, -0.15) is 0 Å². The number of pyridine rings is 1. The van der Waals surface area contributed by atoms with Gasteiger partial charge in [0, 0.05) is 12.7 Å². The van der Waals surface area contributed by atoms with Crippen molar-refractivity contribution in [2.24, 2.45) is 11.8 Å². The van der Waals surface area contributed by atoms with E-state index in [0.717, 1.165) is 44.5 Å². The lowest BCUT2D eigenvalue weighted by atomic mass is 9.77. The summed E-state index contributed by atoms with van der Waals surface area (Å²) >= 11 is 0. The highest BCUT2D eigenvalue weighted by molar-refractivity contribution is 5.96. The van der Waals surface area contributed by atoms with Crippen LogP contribution in [0, 0.1) is 11.8 Å². The van der Waals surface area contributed by atoms with Crippen LogP contribution in [0.5, 0.6) is 0 Å². The maximum atomic E-state index is 12.8. The first-order valence-electron chi connectivity index (χ1n) is 10.7. The van der Waals surface area contributed by atoms with Crippen molar-refractivity contribution < 1.29 is 9.90 Å². The molecule has 5 rings (SSSR count). The van der Waals surface area contributed by atoms with Crippen molar-refractivity contribution in [2.75, 3.05) is 13.1 Å². The fourth-order valence-corrected chi connectivity index (χ4v) is 4.83. The van der Waals surface area contributed by atoms with Gasteiger partial charge >= 0.3 is 0 Å². The predicted octanol–water partition coefficient (Wildman–Crippen LogP) is 2.61. The first-order valence-corrected chi connectivity index (χ1v) is 10.7. The Morgan fingerprint density at radius 3 is 2.66 bits per heavy atom. The third-order valence-electron chi connectivity index (χ3n) is 6.56. The normalized spacial score (nSPS) is 24.3. The zero-order chi connectivity index (χ0) is 20.5. The van der Waals surface area contributed by atoms with Gasteiger partial charge in [-0.15, -0.1) is 24.8 Å². The van der Waals surface area contributed by atoms with Crippen molar-refractivity contribution in [1.82, 2.24) is 25.2 Å².